The smallest absolute Gasteiger partial charge is 0.366 e. The predicted molar refractivity (Wildman–Crippen MR) is 134 cm³/mol. The highest BCUT2D eigenvalue weighted by atomic mass is 79.9. The summed E-state index contributed by atoms with van der Waals surface area (Å²) in [5.74, 6) is 0.701. The highest BCUT2D eigenvalue weighted by molar-refractivity contribution is 9.10. The summed E-state index contributed by atoms with van der Waals surface area (Å²) in [6, 6.07) is 9.59. The van der Waals surface area contributed by atoms with Crippen molar-refractivity contribution >= 4 is 37.4 Å². The van der Waals surface area contributed by atoms with Crippen LogP contribution in [0.25, 0.3) is 5.65 Å². The summed E-state index contributed by atoms with van der Waals surface area (Å²) < 4.78 is 69.1. The molecule has 5 rings (SSSR count). The molecule has 0 aliphatic carbocycles. The second-order valence-electron chi connectivity index (χ2n) is 8.71. The van der Waals surface area contributed by atoms with Crippen molar-refractivity contribution in [1.29, 1.82) is 0 Å². The molecule has 0 unspecified atom stereocenters. The number of benzene rings is 1. The number of nitrogens with zero attached hydrogens (tertiary/aromatic N) is 5. The summed E-state index contributed by atoms with van der Waals surface area (Å²) in [6.07, 6.45) is 1.48. The Morgan fingerprint density at radius 2 is 1.86 bits per heavy atom. The number of hydrogen-bond acceptors (Lipinski definition) is 6. The fourth-order valence-corrected chi connectivity index (χ4v) is 6.22. The maximum atomic E-state index is 13.1. The van der Waals surface area contributed by atoms with Gasteiger partial charge in [-0.1, -0.05) is 12.1 Å². The minimum Gasteiger partial charge on any atom is -0.366 e. The Hall–Kier alpha value is -3.03. The van der Waals surface area contributed by atoms with E-state index in [1.807, 2.05) is 18.2 Å². The molecule has 194 valence electrons. The van der Waals surface area contributed by atoms with Crippen LogP contribution in [0, 0.1) is 0 Å². The summed E-state index contributed by atoms with van der Waals surface area (Å²) in [7, 11) is -4.06. The quantitative estimate of drug-likeness (QED) is 0.334. The lowest BCUT2D eigenvalue weighted by Crippen LogP contribution is -2.38. The predicted octanol–water partition coefficient (Wildman–Crippen LogP) is 5.09. The van der Waals surface area contributed by atoms with Crippen LogP contribution in [0.1, 0.15) is 35.6 Å². The molecular formula is C24H22BrF3N6O2S. The van der Waals surface area contributed by atoms with Gasteiger partial charge in [0.1, 0.15) is 5.82 Å². The zero-order valence-electron chi connectivity index (χ0n) is 19.4. The van der Waals surface area contributed by atoms with Gasteiger partial charge in [0.15, 0.2) is 5.65 Å². The van der Waals surface area contributed by atoms with Crippen LogP contribution in [0.2, 0.25) is 0 Å². The summed E-state index contributed by atoms with van der Waals surface area (Å²) in [6.45, 7) is 0.877. The minimum atomic E-state index is -4.62. The van der Waals surface area contributed by atoms with E-state index in [4.69, 9.17) is 4.98 Å². The molecule has 0 amide bonds. The molecule has 1 saturated heterocycles. The Labute approximate surface area is 219 Å². The Morgan fingerprint density at radius 1 is 1.08 bits per heavy atom. The first-order valence-electron chi connectivity index (χ1n) is 11.5. The number of nitrogens with one attached hydrogen (secondary N) is 1. The second-order valence-corrected chi connectivity index (χ2v) is 11.5. The monoisotopic (exact) mass is 594 g/mol. The van der Waals surface area contributed by atoms with Crippen molar-refractivity contribution in [3.63, 3.8) is 0 Å². The first-order valence-corrected chi connectivity index (χ1v) is 13.7. The van der Waals surface area contributed by atoms with Crippen molar-refractivity contribution in [3.8, 4) is 0 Å². The van der Waals surface area contributed by atoms with Crippen molar-refractivity contribution in [2.45, 2.75) is 36.4 Å². The standard InChI is InChI=1S/C24H22BrF3N6O2S/c25-20-15-31-34-22(30-14-16-3-2-8-29-13-16)12-21(32-23(20)34)17-6-9-33(10-7-17)37(35,36)19-5-1-4-18(11-19)24(26,27)28/h1-5,8,11-13,15,17,30H,6-7,9-10,14H2. The van der Waals surface area contributed by atoms with Gasteiger partial charge in [-0.2, -0.15) is 27.1 Å². The Balaban J connectivity index is 1.35. The number of alkyl halides is 3. The summed E-state index contributed by atoms with van der Waals surface area (Å²) in [5.41, 5.74) is 1.43. The van der Waals surface area contributed by atoms with Gasteiger partial charge in [-0.3, -0.25) is 4.98 Å². The van der Waals surface area contributed by atoms with Gasteiger partial charge in [0.05, 0.1) is 21.1 Å². The lowest BCUT2D eigenvalue weighted by Gasteiger charge is -2.31. The molecule has 0 spiro atoms. The number of piperidine rings is 1. The van der Waals surface area contributed by atoms with Crippen molar-refractivity contribution in [3.05, 3.63) is 82.3 Å². The lowest BCUT2D eigenvalue weighted by molar-refractivity contribution is -0.137. The van der Waals surface area contributed by atoms with E-state index in [9.17, 15) is 21.6 Å². The van der Waals surface area contributed by atoms with Gasteiger partial charge >= 0.3 is 6.18 Å². The molecule has 0 saturated carbocycles. The van der Waals surface area contributed by atoms with Crippen molar-refractivity contribution in [2.75, 3.05) is 18.4 Å². The maximum Gasteiger partial charge on any atom is 0.416 e. The highest BCUT2D eigenvalue weighted by Gasteiger charge is 2.34. The number of pyridine rings is 1. The molecule has 1 aromatic carbocycles. The van der Waals surface area contributed by atoms with Crippen molar-refractivity contribution < 1.29 is 21.6 Å². The normalized spacial score (nSPS) is 15.8. The van der Waals surface area contributed by atoms with Crippen LogP contribution < -0.4 is 5.32 Å². The molecule has 0 atom stereocenters. The first kappa shape index (κ1) is 25.6. The van der Waals surface area contributed by atoms with E-state index in [0.717, 1.165) is 33.7 Å². The topological polar surface area (TPSA) is 92.5 Å². The second kappa shape index (κ2) is 10.0. The molecular weight excluding hydrogens is 573 g/mol. The van der Waals surface area contributed by atoms with Gasteiger partial charge in [0, 0.05) is 49.7 Å². The zero-order valence-corrected chi connectivity index (χ0v) is 21.8. The van der Waals surface area contributed by atoms with Crippen LogP contribution in [0.4, 0.5) is 19.0 Å². The number of rotatable bonds is 6. The van der Waals surface area contributed by atoms with Crippen molar-refractivity contribution in [2.24, 2.45) is 0 Å². The molecule has 8 nitrogen and oxygen atoms in total. The van der Waals surface area contributed by atoms with Crippen LogP contribution in [-0.2, 0) is 22.7 Å². The number of anilines is 1. The first-order chi connectivity index (χ1) is 17.6. The van der Waals surface area contributed by atoms with E-state index in [1.54, 1.807) is 23.1 Å². The lowest BCUT2D eigenvalue weighted by atomic mass is 9.94. The van der Waals surface area contributed by atoms with E-state index in [0.29, 0.717) is 31.1 Å². The molecule has 13 heteroatoms. The van der Waals surface area contributed by atoms with E-state index in [-0.39, 0.29) is 23.9 Å². The number of aromatic nitrogens is 4. The molecule has 4 heterocycles. The third-order valence-electron chi connectivity index (χ3n) is 6.32. The fraction of sp³-hybridized carbons (Fsp3) is 0.292. The molecule has 37 heavy (non-hydrogen) atoms. The van der Waals surface area contributed by atoms with Gasteiger partial charge in [-0.25, -0.2) is 13.4 Å². The number of sulfonamides is 1. The van der Waals surface area contributed by atoms with Crippen LogP contribution in [0.3, 0.4) is 0 Å². The minimum absolute atomic E-state index is 0.0290. The zero-order chi connectivity index (χ0) is 26.2. The Morgan fingerprint density at radius 3 is 2.57 bits per heavy atom. The average Bonchev–Trinajstić information content (AvgIpc) is 3.28. The summed E-state index contributed by atoms with van der Waals surface area (Å²) in [5, 5.41) is 7.75. The molecule has 0 radical (unpaired) electrons. The van der Waals surface area contributed by atoms with Crippen molar-refractivity contribution in [1.82, 2.24) is 23.9 Å². The maximum absolute atomic E-state index is 13.1. The van der Waals surface area contributed by atoms with Gasteiger partial charge in [0.25, 0.3) is 0 Å². The Bertz CT molecular complexity index is 1520. The fourth-order valence-electron chi connectivity index (χ4n) is 4.36. The third kappa shape index (κ3) is 5.34. The number of hydrogen-bond donors (Lipinski definition) is 1. The molecule has 0 bridgehead atoms. The van der Waals surface area contributed by atoms with E-state index < -0.39 is 21.8 Å². The Kier molecular flexibility index (Phi) is 6.94. The van der Waals surface area contributed by atoms with Crippen LogP contribution in [-0.4, -0.2) is 45.4 Å². The largest absolute Gasteiger partial charge is 0.416 e. The summed E-state index contributed by atoms with van der Waals surface area (Å²) >= 11 is 3.49. The van der Waals surface area contributed by atoms with Gasteiger partial charge < -0.3 is 5.32 Å². The average molecular weight is 595 g/mol. The SMILES string of the molecule is O=S(=O)(c1cccc(C(F)(F)F)c1)N1CCC(c2cc(NCc3cccnc3)n3ncc(Br)c3n2)CC1. The molecule has 4 aromatic rings. The third-order valence-corrected chi connectivity index (χ3v) is 8.77. The number of fused-ring (bicyclic) bond motifs is 1. The van der Waals surface area contributed by atoms with Crippen LogP contribution >= 0.6 is 15.9 Å². The molecule has 1 aliphatic heterocycles. The van der Waals surface area contributed by atoms with Crippen LogP contribution in [0.5, 0.6) is 0 Å². The van der Waals surface area contributed by atoms with Gasteiger partial charge in [-0.05, 0) is 58.6 Å². The highest BCUT2D eigenvalue weighted by Crippen LogP contribution is 2.34. The van der Waals surface area contributed by atoms with E-state index in [2.05, 4.69) is 31.3 Å². The van der Waals surface area contributed by atoms with Gasteiger partial charge in [0.2, 0.25) is 10.0 Å². The van der Waals surface area contributed by atoms with Gasteiger partial charge in [-0.15, -0.1) is 0 Å². The van der Waals surface area contributed by atoms with E-state index in [1.165, 1.54) is 10.4 Å². The van der Waals surface area contributed by atoms with Crippen LogP contribution in [0.15, 0.2) is 70.4 Å². The molecule has 1 aliphatic rings. The molecule has 1 N–H and O–H groups in total. The molecule has 3 aromatic heterocycles. The molecule has 1 fully saturated rings. The number of halogens is 4. The van der Waals surface area contributed by atoms with E-state index >= 15 is 0 Å². The summed E-state index contributed by atoms with van der Waals surface area (Å²) in [4.78, 5) is 8.54.